The number of hydrogen-bond acceptors (Lipinski definition) is 7. The lowest BCUT2D eigenvalue weighted by Crippen LogP contribution is -2.64. The number of fused-ring (bicyclic) bond motifs is 11. The van der Waals surface area contributed by atoms with Gasteiger partial charge in [-0.2, -0.15) is 0 Å². The van der Waals surface area contributed by atoms with Crippen molar-refractivity contribution < 1.29 is 29.4 Å². The number of hydrogen-bond donors (Lipinski definition) is 5. The number of nitrogens with two attached hydrogens (primary N) is 1. The molecule has 8 bridgehead atoms. The summed E-state index contributed by atoms with van der Waals surface area (Å²) >= 11 is 0. The van der Waals surface area contributed by atoms with Crippen molar-refractivity contribution in [1.29, 1.82) is 0 Å². The van der Waals surface area contributed by atoms with Gasteiger partial charge < -0.3 is 30.8 Å². The number of carbonyl (C=O) groups excluding carboxylic acids is 2. The average Bonchev–Trinajstić information content (AvgIpc) is 3.85. The van der Waals surface area contributed by atoms with Crippen LogP contribution in [0, 0.1) is 13.8 Å². The van der Waals surface area contributed by atoms with Crippen molar-refractivity contribution in [3.63, 3.8) is 0 Å². The van der Waals surface area contributed by atoms with Gasteiger partial charge in [0.15, 0.2) is 0 Å². The van der Waals surface area contributed by atoms with Crippen LogP contribution in [0.2, 0.25) is 0 Å². The van der Waals surface area contributed by atoms with Crippen molar-refractivity contribution in [2.24, 2.45) is 5.73 Å². The number of aryl methyl sites for hydroxylation is 4. The summed E-state index contributed by atoms with van der Waals surface area (Å²) in [6, 6.07) is 11.1. The molecule has 12 nitrogen and oxygen atoms in total. The Balaban J connectivity index is 1.62. The van der Waals surface area contributed by atoms with Gasteiger partial charge in [-0.05, 0) is 135 Å². The molecule has 1 amide bonds. The number of nitrogens with one attached hydrogen (secondary N) is 2. The third-order valence-electron chi connectivity index (χ3n) is 13.6. The number of aldehydes is 1. The molecule has 3 atom stereocenters. The highest BCUT2D eigenvalue weighted by Crippen LogP contribution is 2.64. The van der Waals surface area contributed by atoms with E-state index in [1.54, 1.807) is 6.07 Å². The highest BCUT2D eigenvalue weighted by Gasteiger charge is 2.67. The van der Waals surface area contributed by atoms with Crippen molar-refractivity contribution in [2.45, 2.75) is 96.9 Å². The second-order valence-electron chi connectivity index (χ2n) is 16.2. The Morgan fingerprint density at radius 3 is 2.07 bits per heavy atom. The van der Waals surface area contributed by atoms with Crippen molar-refractivity contribution in [1.82, 2.24) is 19.9 Å². The maximum absolute atomic E-state index is 13.8. The van der Waals surface area contributed by atoms with Gasteiger partial charge in [0.2, 0.25) is 5.91 Å². The second-order valence-corrected chi connectivity index (χ2v) is 16.2. The quantitative estimate of drug-likeness (QED) is 0.101. The first-order valence-corrected chi connectivity index (χ1v) is 19.9. The van der Waals surface area contributed by atoms with Crippen LogP contribution in [-0.2, 0) is 38.1 Å². The molecule has 58 heavy (non-hydrogen) atoms. The molecule has 1 aliphatic carbocycles. The van der Waals surface area contributed by atoms with Gasteiger partial charge in [-0.25, -0.2) is 4.98 Å². The lowest BCUT2D eigenvalue weighted by atomic mass is 9.49. The predicted octanol–water partition coefficient (Wildman–Crippen LogP) is 7.47. The molecule has 0 fully saturated rings. The third-order valence-corrected chi connectivity index (χ3v) is 13.6. The lowest BCUT2D eigenvalue weighted by Gasteiger charge is -2.58. The van der Waals surface area contributed by atoms with Crippen molar-refractivity contribution >= 4 is 69.1 Å². The van der Waals surface area contributed by atoms with Crippen LogP contribution in [-0.4, -0.2) is 67.4 Å². The molecule has 6 heterocycles. The molecule has 4 aromatic rings. The molecule has 0 radical (unpaired) electrons. The van der Waals surface area contributed by atoms with Gasteiger partial charge in [0.05, 0.1) is 39.6 Å². The molecule has 0 saturated carbocycles. The van der Waals surface area contributed by atoms with E-state index in [0.717, 1.165) is 78.9 Å². The molecular weight excluding hydrogens is 733 g/mol. The maximum atomic E-state index is 13.8. The monoisotopic (exact) mass is 780 g/mol. The molecule has 3 aromatic heterocycles. The zero-order valence-electron chi connectivity index (χ0n) is 33.9. The molecule has 298 valence electrons. The zero-order valence-corrected chi connectivity index (χ0v) is 33.9. The maximum Gasteiger partial charge on any atom is 0.303 e. The third kappa shape index (κ3) is 5.33. The van der Waals surface area contributed by atoms with Crippen LogP contribution in [0.4, 0.5) is 5.69 Å². The number of anilines is 1. The topological polar surface area (TPSA) is 195 Å². The second kappa shape index (κ2) is 13.7. The van der Waals surface area contributed by atoms with Crippen molar-refractivity contribution in [2.75, 3.05) is 11.9 Å². The summed E-state index contributed by atoms with van der Waals surface area (Å²) < 4.78 is 0. The number of likely N-dealkylation sites (N-methyl/N-ethyl adjacent to an activating group) is 1. The number of aromatic amines is 2. The van der Waals surface area contributed by atoms with Crippen LogP contribution in [0.1, 0.15) is 120 Å². The fourth-order valence-electron chi connectivity index (χ4n) is 10.6. The number of aliphatic carboxylic acids is 2. The molecule has 8 rings (SSSR count). The molecule has 3 aliphatic heterocycles. The van der Waals surface area contributed by atoms with E-state index >= 15 is 0 Å². The highest BCUT2D eigenvalue weighted by atomic mass is 16.4. The van der Waals surface area contributed by atoms with Crippen LogP contribution in [0.5, 0.6) is 0 Å². The summed E-state index contributed by atoms with van der Waals surface area (Å²) in [5, 5.41) is 19.5. The SMILES string of the molecule is CCC1=C(C)c2nc1cc1[nH]c(cc3[nH]c(cc4nc5c2C=C(C(N)=O)[C@@H]2N(C)c6ccc(C=O)cc6[C@]4(C)[C@@]52CC)c(C)c3CCC(=O)O)c(CCC(=O)O)c1C. The first-order valence-electron chi connectivity index (χ1n) is 19.9. The summed E-state index contributed by atoms with van der Waals surface area (Å²) in [4.78, 5) is 70.3. The van der Waals surface area contributed by atoms with E-state index in [4.69, 9.17) is 15.7 Å². The Hall–Kier alpha value is -6.30. The summed E-state index contributed by atoms with van der Waals surface area (Å²) in [7, 11) is 1.97. The molecule has 1 aromatic carbocycles. The number of carbonyl (C=O) groups is 4. The summed E-state index contributed by atoms with van der Waals surface area (Å²) in [6.45, 7) is 12.3. The lowest BCUT2D eigenvalue weighted by molar-refractivity contribution is -0.138. The first-order chi connectivity index (χ1) is 27.6. The predicted molar refractivity (Wildman–Crippen MR) is 225 cm³/mol. The standard InChI is InChI=1S/C46H48N6O6/c1-8-26-24(5)41-29-17-30(44(47)58)43-46(9-2)42(29)51-38(45(46,6)31-16-25(21-53)10-13-37(31)52(43)7)20-33-23(4)28(12-15-40(56)57)36(49-33)19-35-27(11-14-39(54)55)22(3)32(48-35)18-34(26)50-41/h10,13,16-21,43,48-49H,8-9,11-12,14-15H2,1-7H3,(H2,47,58)(H,54,55)(H,56,57)/t43-,45-,46-/m0/s1. The zero-order chi connectivity index (χ0) is 41.6. The number of rotatable bonds is 10. The number of aromatic nitrogens is 4. The Labute approximate surface area is 335 Å². The normalized spacial score (nSPS) is 20.5. The minimum Gasteiger partial charge on any atom is -0.481 e. The van der Waals surface area contributed by atoms with Crippen LogP contribution in [0.15, 0.2) is 42.0 Å². The number of nitrogens with zero attached hydrogens (tertiary/aromatic N) is 3. The molecular formula is C46H48N6O6. The Morgan fingerprint density at radius 2 is 1.52 bits per heavy atom. The van der Waals surface area contributed by atoms with Crippen molar-refractivity contribution in [3.05, 3.63) is 104 Å². The van der Waals surface area contributed by atoms with E-state index in [-0.39, 0.29) is 25.7 Å². The average molecular weight is 781 g/mol. The van der Waals surface area contributed by atoms with Crippen LogP contribution >= 0.6 is 0 Å². The molecule has 0 spiro atoms. The van der Waals surface area contributed by atoms with Crippen LogP contribution in [0.3, 0.4) is 0 Å². The minimum absolute atomic E-state index is 0.0712. The fourth-order valence-corrected chi connectivity index (χ4v) is 10.6. The van der Waals surface area contributed by atoms with E-state index in [9.17, 15) is 29.4 Å². The number of H-pyrrole nitrogens is 2. The van der Waals surface area contributed by atoms with Gasteiger partial charge >= 0.3 is 11.9 Å². The molecule has 4 aliphatic rings. The van der Waals surface area contributed by atoms with Gasteiger partial charge in [-0.1, -0.05) is 13.8 Å². The fraction of sp³-hybridized carbons (Fsp3) is 0.348. The van der Waals surface area contributed by atoms with Crippen LogP contribution < -0.4 is 10.6 Å². The van der Waals surface area contributed by atoms with E-state index in [0.29, 0.717) is 46.4 Å². The Kier molecular flexibility index (Phi) is 9.09. The van der Waals surface area contributed by atoms with E-state index in [2.05, 4.69) is 35.6 Å². The number of allylic oxidation sites excluding steroid dienone is 2. The van der Waals surface area contributed by atoms with Gasteiger partial charge in [0.25, 0.3) is 0 Å². The molecule has 12 heteroatoms. The first kappa shape index (κ1) is 38.6. The number of carboxylic acids is 2. The number of amides is 1. The van der Waals surface area contributed by atoms with Crippen molar-refractivity contribution in [3.8, 4) is 0 Å². The number of benzene rings is 1. The van der Waals surface area contributed by atoms with E-state index < -0.39 is 34.7 Å². The number of primary amides is 1. The van der Waals surface area contributed by atoms with E-state index in [1.807, 2.05) is 64.2 Å². The molecule has 0 unspecified atom stereocenters. The Bertz CT molecular complexity index is 2750. The van der Waals surface area contributed by atoms with Gasteiger partial charge in [-0.3, -0.25) is 24.2 Å². The number of carboxylic acid groups (broad SMARTS) is 2. The largest absolute Gasteiger partial charge is 0.481 e. The summed E-state index contributed by atoms with van der Waals surface area (Å²) in [5.41, 5.74) is 19.3. The smallest absolute Gasteiger partial charge is 0.303 e. The highest BCUT2D eigenvalue weighted by molar-refractivity contribution is 6.04. The van der Waals surface area contributed by atoms with Gasteiger partial charge in [0.1, 0.15) is 6.29 Å². The van der Waals surface area contributed by atoms with Gasteiger partial charge in [-0.15, -0.1) is 0 Å². The molecule has 0 saturated heterocycles. The van der Waals surface area contributed by atoms with E-state index in [1.165, 1.54) is 0 Å². The Morgan fingerprint density at radius 1 is 0.897 bits per heavy atom. The van der Waals surface area contributed by atoms with Gasteiger partial charge in [0, 0.05) is 64.3 Å². The molecule has 6 N–H and O–H groups in total. The summed E-state index contributed by atoms with van der Waals surface area (Å²) in [5.74, 6) is -2.38. The minimum atomic E-state index is -0.924. The summed E-state index contributed by atoms with van der Waals surface area (Å²) in [6.07, 6.45) is 4.32. The van der Waals surface area contributed by atoms with Crippen LogP contribution in [0.25, 0.3) is 39.3 Å².